The Balaban J connectivity index is -0.000000392. The van der Waals surface area contributed by atoms with Crippen LogP contribution in [0.2, 0.25) is 0 Å². The maximum atomic E-state index is 12.0. The zero-order chi connectivity index (χ0) is 17.1. The van der Waals surface area contributed by atoms with Crippen LogP contribution in [-0.4, -0.2) is 0 Å². The summed E-state index contributed by atoms with van der Waals surface area (Å²) in [5, 5.41) is 2.66. The third kappa shape index (κ3) is 9.41. The average molecular weight is 613 g/mol. The van der Waals surface area contributed by atoms with E-state index in [9.17, 15) is 26.3 Å². The fourth-order valence-electron chi connectivity index (χ4n) is 1.87. The van der Waals surface area contributed by atoms with Gasteiger partial charge in [0.15, 0.2) is 0 Å². The normalized spacial score (nSPS) is 10.1. The van der Waals surface area contributed by atoms with Gasteiger partial charge < -0.3 is 37.2 Å². The molecule has 0 radical (unpaired) electrons. The molecule has 0 aromatic heterocycles. The molecule has 27 heavy (non-hydrogen) atoms. The summed E-state index contributed by atoms with van der Waals surface area (Å²) in [7, 11) is 0. The molecule has 0 saturated heterocycles. The van der Waals surface area contributed by atoms with Crippen LogP contribution in [0, 0.1) is 6.07 Å². The summed E-state index contributed by atoms with van der Waals surface area (Å²) in [6.45, 7) is 0. The monoisotopic (exact) mass is 613 g/mol. The summed E-state index contributed by atoms with van der Waals surface area (Å²) in [6, 6.07) is 17.5. The van der Waals surface area contributed by atoms with Crippen molar-refractivity contribution in [1.29, 1.82) is 0 Å². The van der Waals surface area contributed by atoms with Gasteiger partial charge in [0.05, 0.1) is 0 Å². The van der Waals surface area contributed by atoms with Crippen molar-refractivity contribution < 1.29 is 89.4 Å². The molecular formula is C17H10Cl3F6Hf-5. The van der Waals surface area contributed by atoms with E-state index in [2.05, 4.69) is 42.5 Å². The molecule has 0 aliphatic carbocycles. The van der Waals surface area contributed by atoms with Gasteiger partial charge in [-0.2, -0.15) is 62.1 Å². The minimum Gasteiger partial charge on any atom is -1.00 e. The topological polar surface area (TPSA) is 0 Å². The van der Waals surface area contributed by atoms with Crippen molar-refractivity contribution in [3.8, 4) is 0 Å². The molecule has 3 aromatic rings. The number of hydrogen-bond acceptors (Lipinski definition) is 0. The van der Waals surface area contributed by atoms with Gasteiger partial charge in [-0.15, -0.1) is 35.7 Å². The number of hydrogen-bond donors (Lipinski definition) is 0. The van der Waals surface area contributed by atoms with Gasteiger partial charge in [0.25, 0.3) is 0 Å². The molecule has 150 valence electrons. The quantitative estimate of drug-likeness (QED) is 0.145. The van der Waals surface area contributed by atoms with E-state index in [0.29, 0.717) is 12.1 Å². The Morgan fingerprint density at radius 2 is 1.22 bits per heavy atom. The van der Waals surface area contributed by atoms with Gasteiger partial charge in [-0.25, -0.2) is 0 Å². The largest absolute Gasteiger partial charge is 1.00 e. The molecule has 0 amide bonds. The van der Waals surface area contributed by atoms with Crippen molar-refractivity contribution in [2.75, 3.05) is 0 Å². The molecule has 0 aliphatic rings. The standard InChI is InChI=1S/C9H7.C8H3F6.3ClH.Hf/c1-2-5-9-7-3-6-8(9)4-1;9-7(10,11)5-2-1-3-6(4-5)8(12,13)14;;;;/h1-7H;2-4H;3*1H;/q2*-1;;;;/p-3. The van der Waals surface area contributed by atoms with Gasteiger partial charge in [0.2, 0.25) is 0 Å². The van der Waals surface area contributed by atoms with E-state index in [1.54, 1.807) is 6.07 Å². The molecule has 0 nitrogen and oxygen atoms in total. The molecule has 0 fully saturated rings. The van der Waals surface area contributed by atoms with Crippen LogP contribution in [0.15, 0.2) is 60.7 Å². The molecule has 0 N–H and O–H groups in total. The third-order valence-electron chi connectivity index (χ3n) is 2.99. The van der Waals surface area contributed by atoms with Crippen molar-refractivity contribution in [1.82, 2.24) is 0 Å². The average Bonchev–Trinajstić information content (AvgIpc) is 2.95. The minimum absolute atomic E-state index is 0. The zero-order valence-corrected chi connectivity index (χ0v) is 19.0. The second-order valence-corrected chi connectivity index (χ2v) is 4.66. The van der Waals surface area contributed by atoms with Crippen LogP contribution in [0.5, 0.6) is 0 Å². The summed E-state index contributed by atoms with van der Waals surface area (Å²) < 4.78 is 71.8. The van der Waals surface area contributed by atoms with E-state index in [-0.39, 0.29) is 69.1 Å². The van der Waals surface area contributed by atoms with Crippen molar-refractivity contribution in [2.45, 2.75) is 12.4 Å². The minimum atomic E-state index is -4.78. The second kappa shape index (κ2) is 12.8. The molecule has 10 heteroatoms. The first-order valence-corrected chi connectivity index (χ1v) is 6.44. The molecule has 0 unspecified atom stereocenters. The van der Waals surface area contributed by atoms with E-state index in [0.717, 1.165) is 0 Å². The number of rotatable bonds is 0. The Bertz CT molecular complexity index is 724. The molecule has 0 saturated carbocycles. The fraction of sp³-hybridized carbons (Fsp3) is 0.118. The van der Waals surface area contributed by atoms with Crippen LogP contribution in [0.4, 0.5) is 26.3 Å². The van der Waals surface area contributed by atoms with Crippen molar-refractivity contribution in [3.05, 3.63) is 77.9 Å². The van der Waals surface area contributed by atoms with Crippen molar-refractivity contribution in [3.63, 3.8) is 0 Å². The van der Waals surface area contributed by atoms with E-state index >= 15 is 0 Å². The second-order valence-electron chi connectivity index (χ2n) is 4.66. The first kappa shape index (κ1) is 31.1. The predicted molar refractivity (Wildman–Crippen MR) is 74.8 cm³/mol. The molecule has 3 rings (SSSR count). The Kier molecular flexibility index (Phi) is 14.7. The molecule has 0 bridgehead atoms. The van der Waals surface area contributed by atoms with Crippen LogP contribution in [0.25, 0.3) is 10.8 Å². The maximum Gasteiger partial charge on any atom is 0.370 e. The summed E-state index contributed by atoms with van der Waals surface area (Å²) in [4.78, 5) is 0. The number of alkyl halides is 6. The van der Waals surface area contributed by atoms with Crippen LogP contribution in [-0.2, 0) is 38.2 Å². The third-order valence-corrected chi connectivity index (χ3v) is 2.99. The molecular weight excluding hydrogens is 603 g/mol. The number of fused-ring (bicyclic) bond motifs is 1. The van der Waals surface area contributed by atoms with E-state index < -0.39 is 23.5 Å². The Labute approximate surface area is 189 Å². The summed E-state index contributed by atoms with van der Waals surface area (Å²) in [5.74, 6) is 0. The maximum absolute atomic E-state index is 12.0. The molecule has 0 spiro atoms. The zero-order valence-electron chi connectivity index (χ0n) is 13.2. The first-order chi connectivity index (χ1) is 10.7. The van der Waals surface area contributed by atoms with Gasteiger partial charge >= 0.3 is 12.4 Å². The van der Waals surface area contributed by atoms with Crippen molar-refractivity contribution >= 4 is 10.8 Å². The van der Waals surface area contributed by atoms with Gasteiger partial charge in [-0.1, -0.05) is 17.2 Å². The fourth-order valence-corrected chi connectivity index (χ4v) is 1.87. The molecule has 0 atom stereocenters. The SMILES string of the molecule is FC(F)(F)c1c[c-]cc(C(F)(F)F)c1.[Cl-].[Cl-].[Cl-].[Hf].c1ccc2[cH-]ccc2c1. The number of halogens is 9. The Hall–Kier alpha value is -0.630. The van der Waals surface area contributed by atoms with E-state index in [1.807, 2.05) is 0 Å². The summed E-state index contributed by atoms with van der Waals surface area (Å²) >= 11 is 0. The van der Waals surface area contributed by atoms with E-state index in [4.69, 9.17) is 0 Å². The molecule has 3 aromatic carbocycles. The predicted octanol–water partition coefficient (Wildman–Crippen LogP) is -2.91. The summed E-state index contributed by atoms with van der Waals surface area (Å²) in [5.41, 5.74) is -2.71. The van der Waals surface area contributed by atoms with Gasteiger partial charge in [-0.3, -0.25) is 0 Å². The summed E-state index contributed by atoms with van der Waals surface area (Å²) in [6.07, 6.45) is -9.56. The van der Waals surface area contributed by atoms with Crippen LogP contribution in [0.1, 0.15) is 11.1 Å². The first-order valence-electron chi connectivity index (χ1n) is 6.44. The Morgan fingerprint density at radius 3 is 1.67 bits per heavy atom. The molecule has 0 aliphatic heterocycles. The van der Waals surface area contributed by atoms with Crippen LogP contribution >= 0.6 is 0 Å². The van der Waals surface area contributed by atoms with Crippen LogP contribution < -0.4 is 37.2 Å². The number of benzene rings is 2. The van der Waals surface area contributed by atoms with Crippen LogP contribution in [0.3, 0.4) is 0 Å². The molecule has 0 heterocycles. The van der Waals surface area contributed by atoms with Gasteiger partial charge in [0.1, 0.15) is 0 Å². The Morgan fingerprint density at radius 1 is 0.741 bits per heavy atom. The van der Waals surface area contributed by atoms with E-state index in [1.165, 1.54) is 10.8 Å². The van der Waals surface area contributed by atoms with Crippen molar-refractivity contribution in [2.24, 2.45) is 0 Å². The van der Waals surface area contributed by atoms with Gasteiger partial charge in [0, 0.05) is 25.8 Å². The smallest absolute Gasteiger partial charge is 0.370 e. The van der Waals surface area contributed by atoms with Gasteiger partial charge in [-0.05, 0) is 0 Å².